The first-order valence-electron chi connectivity index (χ1n) is 10.9. The summed E-state index contributed by atoms with van der Waals surface area (Å²) < 4.78 is 0. The minimum atomic E-state index is -1.48. The number of carboxylic acid groups (broad SMARTS) is 1. The fourth-order valence-corrected chi connectivity index (χ4v) is 3.00. The van der Waals surface area contributed by atoms with E-state index < -0.39 is 72.5 Å². The second kappa shape index (κ2) is 15.6. The van der Waals surface area contributed by atoms with Crippen molar-refractivity contribution in [3.05, 3.63) is 0 Å². The topological polar surface area (TPSA) is 263 Å². The van der Waals surface area contributed by atoms with Gasteiger partial charge in [0, 0.05) is 0 Å². The Hall–Kier alpha value is -3.26. The van der Waals surface area contributed by atoms with Crippen LogP contribution in [-0.2, 0) is 28.8 Å². The van der Waals surface area contributed by atoms with Crippen molar-refractivity contribution >= 4 is 35.5 Å². The molecule has 0 heterocycles. The molecular formula is C20H37N7O7. The summed E-state index contributed by atoms with van der Waals surface area (Å²) >= 11 is 0. The van der Waals surface area contributed by atoms with E-state index in [1.54, 1.807) is 13.8 Å². The summed E-state index contributed by atoms with van der Waals surface area (Å²) in [5.41, 5.74) is 21.2. The average Bonchev–Trinajstić information content (AvgIpc) is 2.70. The fourth-order valence-electron chi connectivity index (χ4n) is 3.00. The number of nitrogens with two attached hydrogens (primary N) is 4. The lowest BCUT2D eigenvalue weighted by molar-refractivity contribution is -0.142. The zero-order valence-corrected chi connectivity index (χ0v) is 19.5. The summed E-state index contributed by atoms with van der Waals surface area (Å²) in [5.74, 6) is -5.62. The van der Waals surface area contributed by atoms with Gasteiger partial charge in [-0.25, -0.2) is 4.79 Å². The van der Waals surface area contributed by atoms with E-state index in [0.717, 1.165) is 0 Å². The summed E-state index contributed by atoms with van der Waals surface area (Å²) in [7, 11) is 0. The number of nitrogens with one attached hydrogen (secondary N) is 3. The van der Waals surface area contributed by atoms with Crippen LogP contribution in [0.15, 0.2) is 0 Å². The lowest BCUT2D eigenvalue weighted by Gasteiger charge is -2.25. The lowest BCUT2D eigenvalue weighted by Crippen LogP contribution is -2.58. The number of carbonyl (C=O) groups excluding carboxylic acids is 5. The summed E-state index contributed by atoms with van der Waals surface area (Å²) in [6.07, 6.45) is 0.192. The summed E-state index contributed by atoms with van der Waals surface area (Å²) in [4.78, 5) is 71.8. The Labute approximate surface area is 197 Å². The molecule has 0 bridgehead atoms. The summed E-state index contributed by atoms with van der Waals surface area (Å²) in [5, 5.41) is 16.4. The van der Waals surface area contributed by atoms with Crippen molar-refractivity contribution in [2.24, 2.45) is 28.9 Å². The van der Waals surface area contributed by atoms with Crippen LogP contribution in [0.25, 0.3) is 0 Å². The number of amides is 5. The van der Waals surface area contributed by atoms with E-state index in [0.29, 0.717) is 19.4 Å². The minimum Gasteiger partial charge on any atom is -0.480 e. The Morgan fingerprint density at radius 2 is 1.26 bits per heavy atom. The van der Waals surface area contributed by atoms with Crippen LogP contribution in [0.1, 0.15) is 52.4 Å². The van der Waals surface area contributed by atoms with Gasteiger partial charge in [-0.15, -0.1) is 0 Å². The first-order chi connectivity index (χ1) is 15.8. The van der Waals surface area contributed by atoms with Gasteiger partial charge in [-0.1, -0.05) is 13.8 Å². The number of carboxylic acids is 1. The van der Waals surface area contributed by atoms with Crippen LogP contribution >= 0.6 is 0 Å². The van der Waals surface area contributed by atoms with Gasteiger partial charge in [-0.05, 0) is 38.1 Å². The summed E-state index contributed by atoms with van der Waals surface area (Å²) in [6.45, 7) is 3.91. The molecule has 5 amide bonds. The zero-order valence-electron chi connectivity index (χ0n) is 19.5. The van der Waals surface area contributed by atoms with Gasteiger partial charge < -0.3 is 44.0 Å². The van der Waals surface area contributed by atoms with E-state index in [1.165, 1.54) is 0 Å². The van der Waals surface area contributed by atoms with Gasteiger partial charge in [-0.3, -0.25) is 24.0 Å². The van der Waals surface area contributed by atoms with Crippen molar-refractivity contribution in [2.75, 3.05) is 6.54 Å². The van der Waals surface area contributed by atoms with Crippen LogP contribution in [0.5, 0.6) is 0 Å². The highest BCUT2D eigenvalue weighted by molar-refractivity contribution is 5.96. The number of hydrogen-bond donors (Lipinski definition) is 8. The van der Waals surface area contributed by atoms with Gasteiger partial charge in [0.1, 0.15) is 18.1 Å². The molecule has 0 rings (SSSR count). The minimum absolute atomic E-state index is 0.0780. The second-order valence-electron chi connectivity index (χ2n) is 8.38. The second-order valence-corrected chi connectivity index (χ2v) is 8.38. The van der Waals surface area contributed by atoms with Crippen LogP contribution < -0.4 is 38.9 Å². The van der Waals surface area contributed by atoms with Crippen LogP contribution in [-0.4, -0.2) is 71.3 Å². The molecule has 0 aliphatic rings. The molecule has 0 aromatic rings. The number of carbonyl (C=O) groups is 6. The number of primary amides is 2. The third-order valence-electron chi connectivity index (χ3n) is 4.70. The van der Waals surface area contributed by atoms with Crippen molar-refractivity contribution in [2.45, 2.75) is 76.5 Å². The van der Waals surface area contributed by atoms with Gasteiger partial charge in [0.2, 0.25) is 29.5 Å². The maximum atomic E-state index is 12.9. The number of aliphatic carboxylic acids is 1. The first kappa shape index (κ1) is 30.7. The van der Waals surface area contributed by atoms with Gasteiger partial charge in [0.05, 0.1) is 18.9 Å². The maximum absolute atomic E-state index is 12.9. The van der Waals surface area contributed by atoms with Crippen LogP contribution in [0.2, 0.25) is 0 Å². The van der Waals surface area contributed by atoms with Crippen molar-refractivity contribution in [3.8, 4) is 0 Å². The van der Waals surface area contributed by atoms with Crippen LogP contribution in [0, 0.1) is 5.92 Å². The molecule has 0 radical (unpaired) electrons. The molecule has 0 saturated heterocycles. The Morgan fingerprint density at radius 3 is 1.74 bits per heavy atom. The standard InChI is InChI=1S/C20H37N7O7/c1-10(2)7-13(26-17(30)11(22)8-15(23)28)18(31)27-14(9-16(24)29)19(32)25-12(20(33)34)5-3-4-6-21/h10-14H,3-9,21-22H2,1-2H3,(H2,23,28)(H2,24,29)(H,25,32)(H,26,30)(H,27,31)(H,33,34). The Kier molecular flexibility index (Phi) is 14.1. The average molecular weight is 488 g/mol. The van der Waals surface area contributed by atoms with Crippen molar-refractivity contribution in [1.82, 2.24) is 16.0 Å². The molecule has 194 valence electrons. The molecular weight excluding hydrogens is 450 g/mol. The molecule has 34 heavy (non-hydrogen) atoms. The lowest BCUT2D eigenvalue weighted by atomic mass is 10.0. The van der Waals surface area contributed by atoms with E-state index in [2.05, 4.69) is 16.0 Å². The van der Waals surface area contributed by atoms with E-state index >= 15 is 0 Å². The third-order valence-corrected chi connectivity index (χ3v) is 4.70. The molecule has 0 aromatic carbocycles. The predicted molar refractivity (Wildman–Crippen MR) is 121 cm³/mol. The molecule has 4 unspecified atom stereocenters. The molecule has 0 aliphatic heterocycles. The van der Waals surface area contributed by atoms with Gasteiger partial charge >= 0.3 is 5.97 Å². The number of unbranched alkanes of at least 4 members (excludes halogenated alkanes) is 1. The predicted octanol–water partition coefficient (Wildman–Crippen LogP) is -3.22. The Balaban J connectivity index is 5.48. The van der Waals surface area contributed by atoms with E-state index in [9.17, 15) is 33.9 Å². The van der Waals surface area contributed by atoms with Gasteiger partial charge in [-0.2, -0.15) is 0 Å². The van der Waals surface area contributed by atoms with E-state index in [1.807, 2.05) is 0 Å². The fraction of sp³-hybridized carbons (Fsp3) is 0.700. The van der Waals surface area contributed by atoms with E-state index in [4.69, 9.17) is 22.9 Å². The smallest absolute Gasteiger partial charge is 0.326 e. The van der Waals surface area contributed by atoms with Crippen molar-refractivity contribution < 1.29 is 33.9 Å². The van der Waals surface area contributed by atoms with Gasteiger partial charge in [0.25, 0.3) is 0 Å². The van der Waals surface area contributed by atoms with Crippen molar-refractivity contribution in [3.63, 3.8) is 0 Å². The highest BCUT2D eigenvalue weighted by Gasteiger charge is 2.31. The number of rotatable bonds is 17. The molecule has 12 N–H and O–H groups in total. The molecule has 0 aliphatic carbocycles. The zero-order chi connectivity index (χ0) is 26.4. The SMILES string of the molecule is CC(C)CC(NC(=O)C(N)CC(N)=O)C(=O)NC(CC(N)=O)C(=O)NC(CCCCN)C(=O)O. The Bertz CT molecular complexity index is 745. The molecule has 14 heteroatoms. The Morgan fingerprint density at radius 1 is 0.765 bits per heavy atom. The van der Waals surface area contributed by atoms with Crippen LogP contribution in [0.4, 0.5) is 0 Å². The third kappa shape index (κ3) is 12.7. The van der Waals surface area contributed by atoms with E-state index in [-0.39, 0.29) is 18.8 Å². The van der Waals surface area contributed by atoms with Gasteiger partial charge in [0.15, 0.2) is 0 Å². The van der Waals surface area contributed by atoms with Crippen LogP contribution in [0.3, 0.4) is 0 Å². The molecule has 0 saturated carbocycles. The molecule has 0 aromatic heterocycles. The summed E-state index contributed by atoms with van der Waals surface area (Å²) in [6, 6.07) is -5.18. The maximum Gasteiger partial charge on any atom is 0.326 e. The monoisotopic (exact) mass is 487 g/mol. The largest absolute Gasteiger partial charge is 0.480 e. The molecule has 0 spiro atoms. The van der Waals surface area contributed by atoms with Crippen molar-refractivity contribution in [1.29, 1.82) is 0 Å². The first-order valence-corrected chi connectivity index (χ1v) is 10.9. The molecule has 0 fully saturated rings. The highest BCUT2D eigenvalue weighted by atomic mass is 16.4. The number of hydrogen-bond acceptors (Lipinski definition) is 8. The molecule has 14 nitrogen and oxygen atoms in total. The highest BCUT2D eigenvalue weighted by Crippen LogP contribution is 2.08. The molecule has 4 atom stereocenters. The quantitative estimate of drug-likeness (QED) is 0.0957. The normalized spacial score (nSPS) is 14.4.